The maximum absolute atomic E-state index is 6.18. The van der Waals surface area contributed by atoms with Crippen LogP contribution in [0.4, 0.5) is 0 Å². The second kappa shape index (κ2) is 7.28. The first-order valence-electron chi connectivity index (χ1n) is 6.95. The molecular formula is C16H27ClN2. The van der Waals surface area contributed by atoms with Crippen molar-refractivity contribution in [3.63, 3.8) is 0 Å². The van der Waals surface area contributed by atoms with Crippen molar-refractivity contribution in [1.82, 2.24) is 4.90 Å². The van der Waals surface area contributed by atoms with Crippen molar-refractivity contribution in [2.24, 2.45) is 11.1 Å². The average molecular weight is 283 g/mol. The molecule has 0 aliphatic carbocycles. The Morgan fingerprint density at radius 3 is 2.32 bits per heavy atom. The lowest BCUT2D eigenvalue weighted by Crippen LogP contribution is -2.31. The van der Waals surface area contributed by atoms with Crippen molar-refractivity contribution in [2.75, 3.05) is 13.6 Å². The lowest BCUT2D eigenvalue weighted by Gasteiger charge is -2.25. The van der Waals surface area contributed by atoms with Crippen LogP contribution in [-0.4, -0.2) is 24.5 Å². The molecule has 2 nitrogen and oxygen atoms in total. The first-order chi connectivity index (χ1) is 8.76. The molecule has 1 aromatic rings. The highest BCUT2D eigenvalue weighted by Crippen LogP contribution is 2.21. The molecule has 0 aliphatic rings. The van der Waals surface area contributed by atoms with E-state index in [2.05, 4.69) is 44.9 Å². The highest BCUT2D eigenvalue weighted by molar-refractivity contribution is 6.30. The van der Waals surface area contributed by atoms with Gasteiger partial charge in [0.1, 0.15) is 0 Å². The minimum Gasteiger partial charge on any atom is -0.328 e. The van der Waals surface area contributed by atoms with Gasteiger partial charge in [0.25, 0.3) is 0 Å². The minimum atomic E-state index is 0.285. The number of nitrogens with zero attached hydrogens (tertiary/aromatic N) is 1. The molecule has 0 amide bonds. The summed E-state index contributed by atoms with van der Waals surface area (Å²) >= 11 is 5.88. The molecule has 0 saturated carbocycles. The number of hydrogen-bond donors (Lipinski definition) is 1. The fourth-order valence-corrected chi connectivity index (χ4v) is 2.38. The van der Waals surface area contributed by atoms with Gasteiger partial charge in [-0.05, 0) is 49.5 Å². The Kier molecular flexibility index (Phi) is 6.31. The van der Waals surface area contributed by atoms with Crippen LogP contribution in [-0.2, 0) is 6.54 Å². The Hall–Kier alpha value is -0.570. The van der Waals surface area contributed by atoms with E-state index in [0.29, 0.717) is 5.41 Å². The van der Waals surface area contributed by atoms with E-state index in [4.69, 9.17) is 17.3 Å². The zero-order chi connectivity index (χ0) is 14.5. The fraction of sp³-hybridized carbons (Fsp3) is 0.625. The molecule has 0 aromatic heterocycles. The van der Waals surface area contributed by atoms with E-state index in [-0.39, 0.29) is 6.04 Å². The molecule has 1 rings (SSSR count). The summed E-state index contributed by atoms with van der Waals surface area (Å²) < 4.78 is 0. The third kappa shape index (κ3) is 7.56. The summed E-state index contributed by atoms with van der Waals surface area (Å²) in [4.78, 5) is 2.31. The quantitative estimate of drug-likeness (QED) is 0.857. The molecule has 0 fully saturated rings. The van der Waals surface area contributed by atoms with Crippen LogP contribution in [0.3, 0.4) is 0 Å². The van der Waals surface area contributed by atoms with Gasteiger partial charge in [-0.2, -0.15) is 0 Å². The van der Waals surface area contributed by atoms with Crippen molar-refractivity contribution in [2.45, 2.75) is 46.2 Å². The highest BCUT2D eigenvalue weighted by Gasteiger charge is 2.15. The van der Waals surface area contributed by atoms with Gasteiger partial charge in [0, 0.05) is 17.6 Å². The van der Waals surface area contributed by atoms with E-state index in [9.17, 15) is 0 Å². The van der Waals surface area contributed by atoms with Crippen molar-refractivity contribution in [3.8, 4) is 0 Å². The predicted octanol–water partition coefficient (Wildman–Crippen LogP) is 3.93. The summed E-state index contributed by atoms with van der Waals surface area (Å²) in [6.07, 6.45) is 2.11. The molecule has 0 spiro atoms. The van der Waals surface area contributed by atoms with Gasteiger partial charge in [0.2, 0.25) is 0 Å². The smallest absolute Gasteiger partial charge is 0.0406 e. The minimum absolute atomic E-state index is 0.285. The maximum atomic E-state index is 6.18. The van der Waals surface area contributed by atoms with E-state index in [1.165, 1.54) is 5.56 Å². The Morgan fingerprint density at radius 1 is 1.21 bits per heavy atom. The van der Waals surface area contributed by atoms with E-state index >= 15 is 0 Å². The lowest BCUT2D eigenvalue weighted by molar-refractivity contribution is 0.278. The molecule has 108 valence electrons. The predicted molar refractivity (Wildman–Crippen MR) is 84.5 cm³/mol. The van der Waals surface area contributed by atoms with Crippen LogP contribution in [0, 0.1) is 5.41 Å². The molecule has 19 heavy (non-hydrogen) atoms. The molecule has 1 unspecified atom stereocenters. The van der Waals surface area contributed by atoms with Gasteiger partial charge in [-0.3, -0.25) is 0 Å². The van der Waals surface area contributed by atoms with Gasteiger partial charge in [0.05, 0.1) is 0 Å². The van der Waals surface area contributed by atoms with E-state index in [1.807, 2.05) is 12.1 Å². The van der Waals surface area contributed by atoms with Crippen molar-refractivity contribution in [3.05, 3.63) is 34.9 Å². The summed E-state index contributed by atoms with van der Waals surface area (Å²) in [6, 6.07) is 8.32. The van der Waals surface area contributed by atoms with Gasteiger partial charge in [0.15, 0.2) is 0 Å². The molecule has 2 N–H and O–H groups in total. The first-order valence-corrected chi connectivity index (χ1v) is 7.32. The zero-order valence-corrected chi connectivity index (χ0v) is 13.4. The van der Waals surface area contributed by atoms with Gasteiger partial charge in [-0.25, -0.2) is 0 Å². The summed E-state index contributed by atoms with van der Waals surface area (Å²) in [5, 5.41) is 0.790. The normalized spacial score (nSPS) is 13.8. The largest absolute Gasteiger partial charge is 0.328 e. The summed E-state index contributed by atoms with van der Waals surface area (Å²) in [7, 11) is 2.14. The lowest BCUT2D eigenvalue weighted by atomic mass is 9.87. The fourth-order valence-electron chi connectivity index (χ4n) is 2.26. The van der Waals surface area contributed by atoms with Crippen LogP contribution in [0.15, 0.2) is 24.3 Å². The molecule has 0 heterocycles. The van der Waals surface area contributed by atoms with E-state index in [1.54, 1.807) is 0 Å². The molecule has 0 aliphatic heterocycles. The van der Waals surface area contributed by atoms with Gasteiger partial charge in [-0.15, -0.1) is 0 Å². The topological polar surface area (TPSA) is 29.3 Å². The van der Waals surface area contributed by atoms with Crippen LogP contribution >= 0.6 is 11.6 Å². The average Bonchev–Trinajstić information content (AvgIpc) is 2.27. The standard InChI is InChI=1S/C16H27ClN2/c1-16(2,3)11-15(18)9-10-19(4)12-13-5-7-14(17)8-6-13/h5-8,15H,9-12,18H2,1-4H3. The maximum Gasteiger partial charge on any atom is 0.0406 e. The van der Waals surface area contributed by atoms with Crippen molar-refractivity contribution in [1.29, 1.82) is 0 Å². The molecule has 1 aromatic carbocycles. The van der Waals surface area contributed by atoms with E-state index < -0.39 is 0 Å². The number of rotatable bonds is 6. The Bertz CT molecular complexity index is 367. The summed E-state index contributed by atoms with van der Waals surface area (Å²) in [5.74, 6) is 0. The summed E-state index contributed by atoms with van der Waals surface area (Å²) in [6.45, 7) is 8.69. The van der Waals surface area contributed by atoms with Gasteiger partial charge in [-0.1, -0.05) is 44.5 Å². The molecule has 0 radical (unpaired) electrons. The highest BCUT2D eigenvalue weighted by atomic mass is 35.5. The van der Waals surface area contributed by atoms with Crippen LogP contribution in [0.2, 0.25) is 5.02 Å². The van der Waals surface area contributed by atoms with Crippen molar-refractivity contribution < 1.29 is 0 Å². The molecule has 0 bridgehead atoms. The third-order valence-electron chi connectivity index (χ3n) is 3.12. The first kappa shape index (κ1) is 16.5. The Labute approximate surface area is 122 Å². The molecule has 3 heteroatoms. The number of benzene rings is 1. The van der Waals surface area contributed by atoms with Crippen LogP contribution in [0.25, 0.3) is 0 Å². The molecule has 0 saturated heterocycles. The molecular weight excluding hydrogens is 256 g/mol. The van der Waals surface area contributed by atoms with Gasteiger partial charge < -0.3 is 10.6 Å². The summed E-state index contributed by atoms with van der Waals surface area (Å²) in [5.41, 5.74) is 7.78. The monoisotopic (exact) mass is 282 g/mol. The van der Waals surface area contributed by atoms with Gasteiger partial charge >= 0.3 is 0 Å². The SMILES string of the molecule is CN(CCC(N)CC(C)(C)C)Cc1ccc(Cl)cc1. The second-order valence-corrected chi connectivity index (χ2v) is 7.11. The van der Waals surface area contributed by atoms with Crippen LogP contribution in [0.5, 0.6) is 0 Å². The van der Waals surface area contributed by atoms with Crippen LogP contribution < -0.4 is 5.73 Å². The second-order valence-electron chi connectivity index (χ2n) is 6.68. The number of hydrogen-bond acceptors (Lipinski definition) is 2. The van der Waals surface area contributed by atoms with Crippen LogP contribution in [0.1, 0.15) is 39.2 Å². The zero-order valence-electron chi connectivity index (χ0n) is 12.6. The van der Waals surface area contributed by atoms with Crippen molar-refractivity contribution >= 4 is 11.6 Å². The number of halogens is 1. The molecule has 1 atom stereocenters. The van der Waals surface area contributed by atoms with E-state index in [0.717, 1.165) is 31.0 Å². The Morgan fingerprint density at radius 2 is 1.79 bits per heavy atom. The number of nitrogens with two attached hydrogens (primary N) is 1. The third-order valence-corrected chi connectivity index (χ3v) is 3.37. The Balaban J connectivity index is 2.31.